The van der Waals surface area contributed by atoms with E-state index in [9.17, 15) is 4.79 Å². The minimum atomic E-state index is 0.238. The molecule has 0 N–H and O–H groups in total. The van der Waals surface area contributed by atoms with Crippen LogP contribution in [-0.2, 0) is 11.3 Å². The van der Waals surface area contributed by atoms with Crippen LogP contribution in [0.1, 0.15) is 32.3 Å². The van der Waals surface area contributed by atoms with Gasteiger partial charge in [0.1, 0.15) is 0 Å². The SMILES string of the molecule is CCN(CC)C(=O)C1CCN(Cc2ccccc2)CC1. The molecule has 0 bridgehead atoms. The molecule has 0 aliphatic carbocycles. The van der Waals surface area contributed by atoms with Crippen LogP contribution in [0.5, 0.6) is 0 Å². The number of carbonyl (C=O) groups is 1. The smallest absolute Gasteiger partial charge is 0.225 e. The van der Waals surface area contributed by atoms with Crippen molar-refractivity contribution in [2.45, 2.75) is 33.2 Å². The molecule has 1 aromatic carbocycles. The first-order valence-electron chi connectivity index (χ1n) is 7.79. The van der Waals surface area contributed by atoms with Crippen molar-refractivity contribution in [1.82, 2.24) is 9.80 Å². The molecule has 1 fully saturated rings. The molecule has 110 valence electrons. The van der Waals surface area contributed by atoms with Crippen molar-refractivity contribution in [1.29, 1.82) is 0 Å². The fourth-order valence-electron chi connectivity index (χ4n) is 2.97. The molecule has 0 atom stereocenters. The first-order chi connectivity index (χ1) is 9.74. The zero-order valence-electron chi connectivity index (χ0n) is 12.7. The molecule has 1 aliphatic heterocycles. The predicted molar refractivity (Wildman–Crippen MR) is 82.4 cm³/mol. The number of rotatable bonds is 5. The van der Waals surface area contributed by atoms with E-state index in [4.69, 9.17) is 0 Å². The minimum Gasteiger partial charge on any atom is -0.343 e. The third-order valence-electron chi connectivity index (χ3n) is 4.26. The van der Waals surface area contributed by atoms with Crippen LogP contribution in [0.25, 0.3) is 0 Å². The van der Waals surface area contributed by atoms with Gasteiger partial charge in [0.15, 0.2) is 0 Å². The highest BCUT2D eigenvalue weighted by molar-refractivity contribution is 5.78. The maximum absolute atomic E-state index is 12.3. The van der Waals surface area contributed by atoms with E-state index in [0.29, 0.717) is 5.91 Å². The monoisotopic (exact) mass is 274 g/mol. The first kappa shape index (κ1) is 15.0. The van der Waals surface area contributed by atoms with Crippen molar-refractivity contribution in [3.63, 3.8) is 0 Å². The summed E-state index contributed by atoms with van der Waals surface area (Å²) >= 11 is 0. The maximum atomic E-state index is 12.3. The Hall–Kier alpha value is -1.35. The number of hydrogen-bond donors (Lipinski definition) is 0. The zero-order valence-corrected chi connectivity index (χ0v) is 12.7. The lowest BCUT2D eigenvalue weighted by molar-refractivity contribution is -0.136. The first-order valence-corrected chi connectivity index (χ1v) is 7.79. The second kappa shape index (κ2) is 7.44. The number of carbonyl (C=O) groups excluding carboxylic acids is 1. The topological polar surface area (TPSA) is 23.6 Å². The highest BCUT2D eigenvalue weighted by Gasteiger charge is 2.27. The molecule has 0 saturated carbocycles. The van der Waals surface area contributed by atoms with Gasteiger partial charge in [0.05, 0.1) is 0 Å². The third kappa shape index (κ3) is 3.83. The van der Waals surface area contributed by atoms with Gasteiger partial charge in [-0.25, -0.2) is 0 Å². The Kier molecular flexibility index (Phi) is 5.60. The van der Waals surface area contributed by atoms with Gasteiger partial charge in [-0.1, -0.05) is 30.3 Å². The number of benzene rings is 1. The zero-order chi connectivity index (χ0) is 14.4. The summed E-state index contributed by atoms with van der Waals surface area (Å²) in [6.45, 7) is 8.86. The van der Waals surface area contributed by atoms with Crippen molar-refractivity contribution in [2.75, 3.05) is 26.2 Å². The second-order valence-electron chi connectivity index (χ2n) is 5.55. The Morgan fingerprint density at radius 3 is 2.30 bits per heavy atom. The summed E-state index contributed by atoms with van der Waals surface area (Å²) in [5.41, 5.74) is 1.36. The van der Waals surface area contributed by atoms with Crippen LogP contribution >= 0.6 is 0 Å². The van der Waals surface area contributed by atoms with Crippen molar-refractivity contribution >= 4 is 5.91 Å². The number of amides is 1. The molecule has 1 aromatic rings. The van der Waals surface area contributed by atoms with Gasteiger partial charge in [0.2, 0.25) is 5.91 Å². The number of likely N-dealkylation sites (tertiary alicyclic amines) is 1. The van der Waals surface area contributed by atoms with Crippen LogP contribution in [0.2, 0.25) is 0 Å². The minimum absolute atomic E-state index is 0.238. The molecule has 3 nitrogen and oxygen atoms in total. The van der Waals surface area contributed by atoms with Crippen LogP contribution in [0.4, 0.5) is 0 Å². The van der Waals surface area contributed by atoms with E-state index in [2.05, 4.69) is 49.1 Å². The van der Waals surface area contributed by atoms with E-state index in [1.165, 1.54) is 5.56 Å². The third-order valence-corrected chi connectivity index (χ3v) is 4.26. The fraction of sp³-hybridized carbons (Fsp3) is 0.588. The maximum Gasteiger partial charge on any atom is 0.225 e. The molecule has 0 aromatic heterocycles. The second-order valence-corrected chi connectivity index (χ2v) is 5.55. The van der Waals surface area contributed by atoms with E-state index >= 15 is 0 Å². The Labute approximate surface area is 122 Å². The van der Waals surface area contributed by atoms with E-state index in [1.54, 1.807) is 0 Å². The Morgan fingerprint density at radius 1 is 1.15 bits per heavy atom. The van der Waals surface area contributed by atoms with E-state index in [1.807, 2.05) is 4.90 Å². The van der Waals surface area contributed by atoms with Gasteiger partial charge in [0, 0.05) is 25.6 Å². The van der Waals surface area contributed by atoms with Crippen LogP contribution < -0.4 is 0 Å². The number of nitrogens with zero attached hydrogens (tertiary/aromatic N) is 2. The van der Waals surface area contributed by atoms with Gasteiger partial charge in [-0.2, -0.15) is 0 Å². The summed E-state index contributed by atoms with van der Waals surface area (Å²) in [5, 5.41) is 0. The van der Waals surface area contributed by atoms with Gasteiger partial charge in [-0.3, -0.25) is 9.69 Å². The highest BCUT2D eigenvalue weighted by Crippen LogP contribution is 2.21. The van der Waals surface area contributed by atoms with Crippen LogP contribution in [0.15, 0.2) is 30.3 Å². The van der Waals surface area contributed by atoms with Crippen molar-refractivity contribution < 1.29 is 4.79 Å². The standard InChI is InChI=1S/C17H26N2O/c1-3-19(4-2)17(20)16-10-12-18(13-11-16)14-15-8-6-5-7-9-15/h5-9,16H,3-4,10-14H2,1-2H3. The average molecular weight is 274 g/mol. The molecule has 1 aliphatic rings. The molecular formula is C17H26N2O. The van der Waals surface area contributed by atoms with Gasteiger partial charge >= 0.3 is 0 Å². The van der Waals surface area contributed by atoms with Crippen molar-refractivity contribution in [3.05, 3.63) is 35.9 Å². The predicted octanol–water partition coefficient (Wildman–Crippen LogP) is 2.77. The van der Waals surface area contributed by atoms with E-state index < -0.39 is 0 Å². The molecular weight excluding hydrogens is 248 g/mol. The lowest BCUT2D eigenvalue weighted by Crippen LogP contribution is -2.42. The van der Waals surface area contributed by atoms with Gasteiger partial charge in [-0.05, 0) is 45.3 Å². The summed E-state index contributed by atoms with van der Waals surface area (Å²) in [6, 6.07) is 10.6. The van der Waals surface area contributed by atoms with Gasteiger partial charge in [0.25, 0.3) is 0 Å². The summed E-state index contributed by atoms with van der Waals surface area (Å²) in [5.74, 6) is 0.594. The Bertz CT molecular complexity index is 406. The quantitative estimate of drug-likeness (QED) is 0.824. The van der Waals surface area contributed by atoms with Crippen molar-refractivity contribution in [3.8, 4) is 0 Å². The summed E-state index contributed by atoms with van der Waals surface area (Å²) in [4.78, 5) is 16.8. The lowest BCUT2D eigenvalue weighted by atomic mass is 9.95. The molecule has 3 heteroatoms. The van der Waals surface area contributed by atoms with Crippen LogP contribution in [0.3, 0.4) is 0 Å². The molecule has 0 radical (unpaired) electrons. The normalized spacial score (nSPS) is 17.1. The highest BCUT2D eigenvalue weighted by atomic mass is 16.2. The largest absolute Gasteiger partial charge is 0.343 e. The van der Waals surface area contributed by atoms with Gasteiger partial charge < -0.3 is 4.90 Å². The van der Waals surface area contributed by atoms with E-state index in [-0.39, 0.29) is 5.92 Å². The summed E-state index contributed by atoms with van der Waals surface area (Å²) < 4.78 is 0. The lowest BCUT2D eigenvalue weighted by Gasteiger charge is -2.33. The Morgan fingerprint density at radius 2 is 1.75 bits per heavy atom. The molecule has 0 unspecified atom stereocenters. The molecule has 1 heterocycles. The number of hydrogen-bond acceptors (Lipinski definition) is 2. The Balaban J connectivity index is 1.82. The molecule has 1 amide bonds. The summed E-state index contributed by atoms with van der Waals surface area (Å²) in [7, 11) is 0. The number of piperidine rings is 1. The molecule has 1 saturated heterocycles. The van der Waals surface area contributed by atoms with Crippen LogP contribution in [-0.4, -0.2) is 41.9 Å². The molecule has 20 heavy (non-hydrogen) atoms. The van der Waals surface area contributed by atoms with Crippen LogP contribution in [0, 0.1) is 5.92 Å². The summed E-state index contributed by atoms with van der Waals surface area (Å²) in [6.07, 6.45) is 2.00. The van der Waals surface area contributed by atoms with Crippen molar-refractivity contribution in [2.24, 2.45) is 5.92 Å². The van der Waals surface area contributed by atoms with E-state index in [0.717, 1.165) is 45.6 Å². The van der Waals surface area contributed by atoms with Gasteiger partial charge in [-0.15, -0.1) is 0 Å². The molecule has 0 spiro atoms. The average Bonchev–Trinajstić information content (AvgIpc) is 2.50. The fourth-order valence-corrected chi connectivity index (χ4v) is 2.97. The molecule has 2 rings (SSSR count).